The minimum absolute atomic E-state index is 0.0260. The maximum atomic E-state index is 12.0. The molecule has 108 valence electrons. The van der Waals surface area contributed by atoms with Crippen molar-refractivity contribution in [1.29, 1.82) is 0 Å². The van der Waals surface area contributed by atoms with Crippen LogP contribution in [-0.2, 0) is 6.54 Å². The quantitative estimate of drug-likeness (QED) is 0.674. The number of aliphatic hydroxyl groups excluding tert-OH is 1. The number of hydrogen-bond acceptors (Lipinski definition) is 3. The van der Waals surface area contributed by atoms with Crippen molar-refractivity contribution in [2.45, 2.75) is 26.3 Å². The zero-order valence-electron chi connectivity index (χ0n) is 11.2. The molecule has 2 N–H and O–H groups in total. The SMILES string of the molecule is CCCn1cc(Br)cc1C(=O)NCCSCCCO. The number of carbonyl (C=O) groups is 1. The van der Waals surface area contributed by atoms with Gasteiger partial charge >= 0.3 is 0 Å². The lowest BCUT2D eigenvalue weighted by Crippen LogP contribution is -2.28. The normalized spacial score (nSPS) is 10.7. The first-order chi connectivity index (χ1) is 9.19. The Morgan fingerprint density at radius 2 is 2.32 bits per heavy atom. The van der Waals surface area contributed by atoms with E-state index in [1.807, 2.05) is 16.8 Å². The van der Waals surface area contributed by atoms with Crippen molar-refractivity contribution in [3.63, 3.8) is 0 Å². The minimum Gasteiger partial charge on any atom is -0.396 e. The van der Waals surface area contributed by atoms with Crippen LogP contribution in [0.25, 0.3) is 0 Å². The van der Waals surface area contributed by atoms with Crippen LogP contribution in [0.3, 0.4) is 0 Å². The predicted octanol–water partition coefficient (Wildman–Crippen LogP) is 2.51. The molecule has 0 aliphatic rings. The van der Waals surface area contributed by atoms with Crippen LogP contribution in [0.5, 0.6) is 0 Å². The molecule has 1 aromatic rings. The van der Waals surface area contributed by atoms with Gasteiger partial charge in [0.25, 0.3) is 5.91 Å². The number of nitrogens with one attached hydrogen (secondary N) is 1. The van der Waals surface area contributed by atoms with Crippen molar-refractivity contribution >= 4 is 33.6 Å². The van der Waals surface area contributed by atoms with Gasteiger partial charge in [-0.25, -0.2) is 0 Å². The summed E-state index contributed by atoms with van der Waals surface area (Å²) in [5.74, 6) is 1.79. The Labute approximate surface area is 127 Å². The van der Waals surface area contributed by atoms with Crippen LogP contribution in [0, 0.1) is 0 Å². The fourth-order valence-electron chi connectivity index (χ4n) is 1.69. The predicted molar refractivity (Wildman–Crippen MR) is 83.8 cm³/mol. The molecular weight excluding hydrogens is 328 g/mol. The van der Waals surface area contributed by atoms with Crippen LogP contribution in [0.1, 0.15) is 30.3 Å². The molecular formula is C13H21BrN2O2S. The Morgan fingerprint density at radius 1 is 1.53 bits per heavy atom. The first-order valence-corrected chi connectivity index (χ1v) is 8.46. The van der Waals surface area contributed by atoms with E-state index in [0.717, 1.165) is 35.4 Å². The summed E-state index contributed by atoms with van der Waals surface area (Å²) < 4.78 is 2.90. The third kappa shape index (κ3) is 6.01. The van der Waals surface area contributed by atoms with Gasteiger partial charge in [-0.3, -0.25) is 4.79 Å². The van der Waals surface area contributed by atoms with E-state index in [1.165, 1.54) is 0 Å². The van der Waals surface area contributed by atoms with Gasteiger partial charge in [-0.2, -0.15) is 11.8 Å². The molecule has 0 spiro atoms. The lowest BCUT2D eigenvalue weighted by Gasteiger charge is -2.08. The van der Waals surface area contributed by atoms with Crippen molar-refractivity contribution in [3.8, 4) is 0 Å². The molecule has 1 amide bonds. The van der Waals surface area contributed by atoms with E-state index in [0.29, 0.717) is 12.2 Å². The number of rotatable bonds is 9. The maximum absolute atomic E-state index is 12.0. The molecule has 0 aliphatic carbocycles. The molecule has 4 nitrogen and oxygen atoms in total. The summed E-state index contributed by atoms with van der Waals surface area (Å²) in [6.07, 6.45) is 3.75. The second-order valence-corrected chi connectivity index (χ2v) is 6.32. The fraction of sp³-hybridized carbons (Fsp3) is 0.615. The molecule has 0 atom stereocenters. The van der Waals surface area contributed by atoms with E-state index in [1.54, 1.807) is 11.8 Å². The van der Waals surface area contributed by atoms with Gasteiger partial charge in [-0.1, -0.05) is 6.92 Å². The summed E-state index contributed by atoms with van der Waals surface area (Å²) >= 11 is 5.15. The van der Waals surface area contributed by atoms with Crippen LogP contribution in [0.15, 0.2) is 16.7 Å². The van der Waals surface area contributed by atoms with Crippen molar-refractivity contribution in [3.05, 3.63) is 22.4 Å². The molecule has 0 fully saturated rings. The number of hydrogen-bond donors (Lipinski definition) is 2. The average Bonchev–Trinajstić information content (AvgIpc) is 2.75. The number of thioether (sulfide) groups is 1. The smallest absolute Gasteiger partial charge is 0.267 e. The number of aryl methyl sites for hydroxylation is 1. The van der Waals surface area contributed by atoms with E-state index >= 15 is 0 Å². The van der Waals surface area contributed by atoms with Crippen LogP contribution in [0.4, 0.5) is 0 Å². The number of amides is 1. The fourth-order valence-corrected chi connectivity index (χ4v) is 2.93. The highest BCUT2D eigenvalue weighted by atomic mass is 79.9. The van der Waals surface area contributed by atoms with Gasteiger partial charge in [0.2, 0.25) is 0 Å². The maximum Gasteiger partial charge on any atom is 0.267 e. The van der Waals surface area contributed by atoms with Crippen molar-refractivity contribution in [2.75, 3.05) is 24.7 Å². The van der Waals surface area contributed by atoms with Crippen molar-refractivity contribution in [2.24, 2.45) is 0 Å². The minimum atomic E-state index is -0.0260. The van der Waals surface area contributed by atoms with Gasteiger partial charge in [0, 0.05) is 36.1 Å². The summed E-state index contributed by atoms with van der Waals surface area (Å²) in [7, 11) is 0. The summed E-state index contributed by atoms with van der Waals surface area (Å²) in [6.45, 7) is 3.83. The van der Waals surface area contributed by atoms with E-state index in [-0.39, 0.29) is 12.5 Å². The Balaban J connectivity index is 2.36. The number of aromatic nitrogens is 1. The monoisotopic (exact) mass is 348 g/mol. The highest BCUT2D eigenvalue weighted by Gasteiger charge is 2.11. The second-order valence-electron chi connectivity index (χ2n) is 4.18. The highest BCUT2D eigenvalue weighted by Crippen LogP contribution is 2.15. The average molecular weight is 349 g/mol. The molecule has 6 heteroatoms. The number of aliphatic hydroxyl groups is 1. The molecule has 0 saturated carbocycles. The molecule has 1 aromatic heterocycles. The van der Waals surface area contributed by atoms with Gasteiger partial charge in [0.1, 0.15) is 5.69 Å². The molecule has 1 rings (SSSR count). The second kappa shape index (κ2) is 9.44. The lowest BCUT2D eigenvalue weighted by molar-refractivity contribution is 0.0947. The molecule has 1 heterocycles. The lowest BCUT2D eigenvalue weighted by atomic mass is 10.4. The molecule has 0 aromatic carbocycles. The van der Waals surface area contributed by atoms with E-state index in [9.17, 15) is 4.79 Å². The Hall–Kier alpha value is -0.460. The largest absolute Gasteiger partial charge is 0.396 e. The number of carbonyl (C=O) groups excluding carboxylic acids is 1. The van der Waals surface area contributed by atoms with E-state index in [2.05, 4.69) is 28.2 Å². The van der Waals surface area contributed by atoms with Crippen molar-refractivity contribution in [1.82, 2.24) is 9.88 Å². The third-order valence-electron chi connectivity index (χ3n) is 2.54. The highest BCUT2D eigenvalue weighted by molar-refractivity contribution is 9.10. The van der Waals surface area contributed by atoms with Crippen LogP contribution >= 0.6 is 27.7 Å². The molecule has 0 aliphatic heterocycles. The molecule has 0 bridgehead atoms. The van der Waals surface area contributed by atoms with E-state index < -0.39 is 0 Å². The van der Waals surface area contributed by atoms with Gasteiger partial charge in [0.05, 0.1) is 0 Å². The summed E-state index contributed by atoms with van der Waals surface area (Å²) in [4.78, 5) is 12.0. The first-order valence-electron chi connectivity index (χ1n) is 6.51. The van der Waals surface area contributed by atoms with Gasteiger partial charge in [0.15, 0.2) is 0 Å². The zero-order valence-corrected chi connectivity index (χ0v) is 13.6. The van der Waals surface area contributed by atoms with Gasteiger partial charge in [-0.15, -0.1) is 0 Å². The molecule has 0 radical (unpaired) electrons. The summed E-state index contributed by atoms with van der Waals surface area (Å²) in [5, 5.41) is 11.6. The summed E-state index contributed by atoms with van der Waals surface area (Å²) in [6, 6.07) is 1.85. The van der Waals surface area contributed by atoms with E-state index in [4.69, 9.17) is 5.11 Å². The molecule has 19 heavy (non-hydrogen) atoms. The Morgan fingerprint density at radius 3 is 3.00 bits per heavy atom. The van der Waals surface area contributed by atoms with Crippen molar-refractivity contribution < 1.29 is 9.90 Å². The van der Waals surface area contributed by atoms with Crippen LogP contribution in [0.2, 0.25) is 0 Å². The Kier molecular flexibility index (Phi) is 8.25. The van der Waals surface area contributed by atoms with Gasteiger partial charge in [-0.05, 0) is 40.6 Å². The zero-order chi connectivity index (χ0) is 14.1. The third-order valence-corrected chi connectivity index (χ3v) is 4.04. The molecule has 0 unspecified atom stereocenters. The first kappa shape index (κ1) is 16.6. The topological polar surface area (TPSA) is 54.3 Å². The number of halogens is 1. The van der Waals surface area contributed by atoms with Crippen LogP contribution < -0.4 is 5.32 Å². The standard InChI is InChI=1S/C13H21BrN2O2S/c1-2-5-16-10-11(14)9-12(16)13(18)15-4-8-19-7-3-6-17/h9-10,17H,2-8H2,1H3,(H,15,18). The Bertz CT molecular complexity index is 396. The molecule has 0 saturated heterocycles. The number of nitrogens with zero attached hydrogens (tertiary/aromatic N) is 1. The summed E-state index contributed by atoms with van der Waals surface area (Å²) in [5.41, 5.74) is 0.703. The van der Waals surface area contributed by atoms with Crippen LogP contribution in [-0.4, -0.2) is 40.2 Å². The van der Waals surface area contributed by atoms with Gasteiger partial charge < -0.3 is 15.0 Å².